The van der Waals surface area contributed by atoms with Gasteiger partial charge in [0, 0.05) is 17.8 Å². The fourth-order valence-corrected chi connectivity index (χ4v) is 1.17. The molecule has 1 aromatic rings. The van der Waals surface area contributed by atoms with E-state index in [-0.39, 0.29) is 18.0 Å². The number of hydrogen-bond acceptors (Lipinski definition) is 3. The molecule has 4 nitrogen and oxygen atoms in total. The molecule has 1 heterocycles. The van der Waals surface area contributed by atoms with Gasteiger partial charge in [0.05, 0.1) is 6.07 Å². The summed E-state index contributed by atoms with van der Waals surface area (Å²) in [6.45, 7) is 3.55. The van der Waals surface area contributed by atoms with Crippen LogP contribution in [-0.4, -0.2) is 5.78 Å². The minimum absolute atomic E-state index is 0.0963. The Hall–Kier alpha value is -2.15. The van der Waals surface area contributed by atoms with E-state index in [9.17, 15) is 4.79 Å². The lowest BCUT2D eigenvalue weighted by atomic mass is 10.0. The van der Waals surface area contributed by atoms with Gasteiger partial charge >= 0.3 is 0 Å². The van der Waals surface area contributed by atoms with E-state index in [0.717, 1.165) is 0 Å². The lowest BCUT2D eigenvalue weighted by Crippen LogP contribution is -2.40. The number of nitriles is 1. The van der Waals surface area contributed by atoms with E-state index >= 15 is 0 Å². The van der Waals surface area contributed by atoms with E-state index < -0.39 is 5.92 Å². The van der Waals surface area contributed by atoms with Crippen molar-refractivity contribution >= 4 is 5.78 Å². The normalized spacial score (nSPS) is 11.4. The van der Waals surface area contributed by atoms with Gasteiger partial charge in [0.1, 0.15) is 5.92 Å². The molecule has 0 saturated carbocycles. The van der Waals surface area contributed by atoms with Crippen molar-refractivity contribution < 1.29 is 9.36 Å². The van der Waals surface area contributed by atoms with Crippen molar-refractivity contribution in [2.45, 2.75) is 6.54 Å². The first-order valence-electron chi connectivity index (χ1n) is 4.46. The number of carbonyl (C=O) groups is 1. The Labute approximate surface area is 88.3 Å². The first kappa shape index (κ1) is 10.9. The molecule has 1 aromatic heterocycles. The maximum atomic E-state index is 11.6. The number of hydrogen-bond donors (Lipinski definition) is 1. The molecule has 0 saturated heterocycles. The van der Waals surface area contributed by atoms with Crippen molar-refractivity contribution in [3.8, 4) is 6.07 Å². The number of nitrogens with two attached hydrogens (primary N) is 1. The summed E-state index contributed by atoms with van der Waals surface area (Å²) in [5, 5.41) is 8.72. The number of carbonyl (C=O) groups excluding carboxylic acids is 1. The van der Waals surface area contributed by atoms with Gasteiger partial charge in [-0.3, -0.25) is 4.79 Å². The van der Waals surface area contributed by atoms with Crippen LogP contribution in [-0.2, 0) is 11.3 Å². The van der Waals surface area contributed by atoms with Crippen molar-refractivity contribution in [3.05, 3.63) is 42.9 Å². The van der Waals surface area contributed by atoms with Crippen LogP contribution in [0.3, 0.4) is 0 Å². The summed E-state index contributed by atoms with van der Waals surface area (Å²) in [4.78, 5) is 11.6. The third-order valence-corrected chi connectivity index (χ3v) is 1.94. The summed E-state index contributed by atoms with van der Waals surface area (Å²) in [5.74, 6) is -1.17. The predicted molar refractivity (Wildman–Crippen MR) is 54.1 cm³/mol. The molecule has 0 amide bonds. The van der Waals surface area contributed by atoms with Crippen molar-refractivity contribution in [1.82, 2.24) is 0 Å². The topological polar surface area (TPSA) is 70.8 Å². The fourth-order valence-electron chi connectivity index (χ4n) is 1.17. The van der Waals surface area contributed by atoms with Crippen molar-refractivity contribution in [1.29, 1.82) is 5.26 Å². The Morgan fingerprint density at radius 2 is 2.07 bits per heavy atom. The third kappa shape index (κ3) is 2.92. The molecule has 0 fully saturated rings. The lowest BCUT2D eigenvalue weighted by Gasteiger charge is -2.03. The highest BCUT2D eigenvalue weighted by Crippen LogP contribution is 2.03. The minimum Gasteiger partial charge on any atom is -0.401 e. The summed E-state index contributed by atoms with van der Waals surface area (Å²) in [6.07, 6.45) is 3.51. The number of pyridine rings is 1. The highest BCUT2D eigenvalue weighted by molar-refractivity contribution is 5.84. The zero-order chi connectivity index (χ0) is 11.3. The van der Waals surface area contributed by atoms with Crippen LogP contribution in [0.25, 0.3) is 0 Å². The molecule has 0 aromatic carbocycles. The first-order chi connectivity index (χ1) is 7.15. The monoisotopic (exact) mass is 202 g/mol. The van der Waals surface area contributed by atoms with Crippen LogP contribution in [0.15, 0.2) is 42.9 Å². The van der Waals surface area contributed by atoms with Crippen LogP contribution < -0.4 is 10.3 Å². The molecule has 2 N–H and O–H groups in total. The Balaban J connectivity index is 2.72. The average Bonchev–Trinajstić information content (AvgIpc) is 2.19. The van der Waals surface area contributed by atoms with E-state index in [4.69, 9.17) is 11.0 Å². The smallest absolute Gasteiger partial charge is 0.220 e. The van der Waals surface area contributed by atoms with E-state index in [1.807, 2.05) is 24.3 Å². The van der Waals surface area contributed by atoms with Gasteiger partial charge in [-0.25, -0.2) is 0 Å². The van der Waals surface area contributed by atoms with E-state index in [2.05, 4.69) is 6.58 Å². The van der Waals surface area contributed by atoms with Crippen molar-refractivity contribution in [2.24, 2.45) is 11.7 Å². The molecular weight excluding hydrogens is 190 g/mol. The van der Waals surface area contributed by atoms with Crippen LogP contribution in [0.2, 0.25) is 0 Å². The molecule has 4 heteroatoms. The Kier molecular flexibility index (Phi) is 3.58. The molecule has 15 heavy (non-hydrogen) atoms. The van der Waals surface area contributed by atoms with E-state index in [1.54, 1.807) is 17.0 Å². The summed E-state index contributed by atoms with van der Waals surface area (Å²) in [7, 11) is 0. The van der Waals surface area contributed by atoms with Crippen LogP contribution in [0, 0.1) is 17.2 Å². The molecular formula is C11H12N3O+. The van der Waals surface area contributed by atoms with Gasteiger partial charge in [0.15, 0.2) is 12.4 Å². The quantitative estimate of drug-likeness (QED) is 0.707. The maximum Gasteiger partial charge on any atom is 0.220 e. The minimum atomic E-state index is -0.919. The molecule has 0 aliphatic rings. The van der Waals surface area contributed by atoms with Gasteiger partial charge in [-0.05, 0) is 0 Å². The Morgan fingerprint density at radius 1 is 1.47 bits per heavy atom. The number of nitrogens with zero attached hydrogens (tertiary/aromatic N) is 2. The predicted octanol–water partition coefficient (Wildman–Crippen LogP) is 0.155. The Bertz CT molecular complexity index is 406. The Morgan fingerprint density at radius 3 is 2.53 bits per heavy atom. The summed E-state index contributed by atoms with van der Waals surface area (Å²) in [6, 6.07) is 7.31. The van der Waals surface area contributed by atoms with Gasteiger partial charge in [-0.15, -0.1) is 0 Å². The zero-order valence-corrected chi connectivity index (χ0v) is 8.26. The van der Waals surface area contributed by atoms with Crippen molar-refractivity contribution in [2.75, 3.05) is 0 Å². The molecule has 1 atom stereocenters. The lowest BCUT2D eigenvalue weighted by molar-refractivity contribution is -0.684. The standard InChI is InChI=1S/C11H12N3O/c1-9(13)10(7-12)11(15)8-14-5-3-2-4-6-14/h2-6,10H,1,8,13H2/q+1/t10-/m1/s1. The van der Waals surface area contributed by atoms with Gasteiger partial charge < -0.3 is 5.73 Å². The summed E-state index contributed by atoms with van der Waals surface area (Å²) >= 11 is 0. The second kappa shape index (κ2) is 4.91. The number of Topliss-reactive ketones (excluding diaryl/α,β-unsaturated/α-hetero) is 1. The average molecular weight is 202 g/mol. The molecule has 1 rings (SSSR count). The molecule has 76 valence electrons. The van der Waals surface area contributed by atoms with Gasteiger partial charge in [-0.1, -0.05) is 12.6 Å². The molecule has 0 aliphatic carbocycles. The highest BCUT2D eigenvalue weighted by Gasteiger charge is 2.22. The SMILES string of the molecule is C=C(N)[C@@H](C#N)C(=O)C[n+]1ccccc1. The molecule has 0 aliphatic heterocycles. The van der Waals surface area contributed by atoms with Crippen LogP contribution >= 0.6 is 0 Å². The van der Waals surface area contributed by atoms with Crippen LogP contribution in [0.1, 0.15) is 0 Å². The summed E-state index contributed by atoms with van der Waals surface area (Å²) in [5.41, 5.74) is 5.45. The number of allylic oxidation sites excluding steroid dienone is 1. The summed E-state index contributed by atoms with van der Waals surface area (Å²) < 4.78 is 1.69. The number of rotatable bonds is 4. The second-order valence-electron chi connectivity index (χ2n) is 3.15. The number of aromatic nitrogens is 1. The largest absolute Gasteiger partial charge is 0.401 e. The molecule has 0 unspecified atom stereocenters. The van der Waals surface area contributed by atoms with Gasteiger partial charge in [0.25, 0.3) is 0 Å². The van der Waals surface area contributed by atoms with Crippen molar-refractivity contribution in [3.63, 3.8) is 0 Å². The zero-order valence-electron chi connectivity index (χ0n) is 8.26. The van der Waals surface area contributed by atoms with Crippen LogP contribution in [0.5, 0.6) is 0 Å². The van der Waals surface area contributed by atoms with E-state index in [1.165, 1.54) is 0 Å². The van der Waals surface area contributed by atoms with Gasteiger partial charge in [0.2, 0.25) is 12.3 Å². The molecule has 0 spiro atoms. The first-order valence-corrected chi connectivity index (χ1v) is 4.46. The highest BCUT2D eigenvalue weighted by atomic mass is 16.1. The molecule has 0 radical (unpaired) electrons. The third-order valence-electron chi connectivity index (χ3n) is 1.94. The second-order valence-corrected chi connectivity index (χ2v) is 3.15. The van der Waals surface area contributed by atoms with Crippen LogP contribution in [0.4, 0.5) is 0 Å². The van der Waals surface area contributed by atoms with E-state index in [0.29, 0.717) is 0 Å². The fraction of sp³-hybridized carbons (Fsp3) is 0.182. The number of ketones is 1. The molecule has 0 bridgehead atoms. The maximum absolute atomic E-state index is 11.6. The van der Waals surface area contributed by atoms with Gasteiger partial charge in [-0.2, -0.15) is 9.83 Å².